The van der Waals surface area contributed by atoms with Crippen LogP contribution in [0.1, 0.15) is 5.56 Å². The van der Waals surface area contributed by atoms with Crippen LogP contribution in [0.4, 0.5) is 0 Å². The second-order valence-corrected chi connectivity index (χ2v) is 4.14. The lowest BCUT2D eigenvalue weighted by Crippen LogP contribution is -2.47. The van der Waals surface area contributed by atoms with Crippen LogP contribution in [-0.4, -0.2) is 49.3 Å². The minimum Gasteiger partial charge on any atom is -0.378 e. The average molecular weight is 209 g/mol. The number of hydrogen-bond acceptors (Lipinski definition) is 3. The SMILES string of the molecule is CN(Cc1cc[nH]c1)CC1COCCN1. The third kappa shape index (κ3) is 3.34. The van der Waals surface area contributed by atoms with Gasteiger partial charge in [0.05, 0.1) is 13.2 Å². The van der Waals surface area contributed by atoms with Gasteiger partial charge in [-0.3, -0.25) is 0 Å². The van der Waals surface area contributed by atoms with E-state index in [1.54, 1.807) is 0 Å². The molecule has 0 saturated carbocycles. The lowest BCUT2D eigenvalue weighted by Gasteiger charge is -2.28. The average Bonchev–Trinajstić information content (AvgIpc) is 2.71. The number of morpholine rings is 1. The van der Waals surface area contributed by atoms with Crippen LogP contribution < -0.4 is 5.32 Å². The molecule has 2 heterocycles. The van der Waals surface area contributed by atoms with Crippen molar-refractivity contribution in [2.45, 2.75) is 12.6 Å². The maximum absolute atomic E-state index is 5.42. The summed E-state index contributed by atoms with van der Waals surface area (Å²) in [5, 5.41) is 3.46. The molecule has 1 aliphatic rings. The molecule has 1 unspecified atom stereocenters. The van der Waals surface area contributed by atoms with E-state index in [1.807, 2.05) is 12.4 Å². The number of nitrogens with zero attached hydrogens (tertiary/aromatic N) is 1. The molecule has 2 rings (SSSR count). The summed E-state index contributed by atoms with van der Waals surface area (Å²) in [5.74, 6) is 0. The minimum atomic E-state index is 0.475. The molecule has 0 aromatic carbocycles. The zero-order chi connectivity index (χ0) is 10.5. The van der Waals surface area contributed by atoms with Crippen molar-refractivity contribution in [3.8, 4) is 0 Å². The van der Waals surface area contributed by atoms with E-state index >= 15 is 0 Å². The van der Waals surface area contributed by atoms with Crippen LogP contribution in [0.3, 0.4) is 0 Å². The molecule has 4 nitrogen and oxygen atoms in total. The van der Waals surface area contributed by atoms with E-state index in [1.165, 1.54) is 5.56 Å². The standard InChI is InChI=1S/C11H19N3O/c1-14(7-10-2-3-12-6-10)8-11-9-15-5-4-13-11/h2-3,6,11-13H,4-5,7-9H2,1H3. The summed E-state index contributed by atoms with van der Waals surface area (Å²) in [6.07, 6.45) is 4.01. The van der Waals surface area contributed by atoms with Gasteiger partial charge in [-0.25, -0.2) is 0 Å². The lowest BCUT2D eigenvalue weighted by atomic mass is 10.2. The molecule has 1 saturated heterocycles. The number of hydrogen-bond donors (Lipinski definition) is 2. The topological polar surface area (TPSA) is 40.3 Å². The summed E-state index contributed by atoms with van der Waals surface area (Å²) in [7, 11) is 2.14. The molecule has 4 heteroatoms. The van der Waals surface area contributed by atoms with Gasteiger partial charge in [-0.2, -0.15) is 0 Å². The van der Waals surface area contributed by atoms with Crippen LogP contribution in [0.2, 0.25) is 0 Å². The molecule has 1 fully saturated rings. The van der Waals surface area contributed by atoms with Gasteiger partial charge in [0.15, 0.2) is 0 Å². The van der Waals surface area contributed by atoms with Gasteiger partial charge in [0.2, 0.25) is 0 Å². The van der Waals surface area contributed by atoms with Crippen molar-refractivity contribution in [1.29, 1.82) is 0 Å². The second-order valence-electron chi connectivity index (χ2n) is 4.14. The van der Waals surface area contributed by atoms with Crippen molar-refractivity contribution in [3.05, 3.63) is 24.0 Å². The molecule has 1 aromatic heterocycles. The van der Waals surface area contributed by atoms with Gasteiger partial charge in [0, 0.05) is 38.1 Å². The van der Waals surface area contributed by atoms with Gasteiger partial charge in [-0.15, -0.1) is 0 Å². The van der Waals surface area contributed by atoms with Crippen molar-refractivity contribution in [3.63, 3.8) is 0 Å². The Balaban J connectivity index is 1.74. The van der Waals surface area contributed by atoms with Gasteiger partial charge in [-0.05, 0) is 18.7 Å². The summed E-state index contributed by atoms with van der Waals surface area (Å²) < 4.78 is 5.42. The van der Waals surface area contributed by atoms with Gasteiger partial charge in [-0.1, -0.05) is 0 Å². The number of ether oxygens (including phenoxy) is 1. The van der Waals surface area contributed by atoms with E-state index in [0.29, 0.717) is 6.04 Å². The third-order valence-corrected chi connectivity index (χ3v) is 2.65. The normalized spacial score (nSPS) is 22.1. The first-order valence-electron chi connectivity index (χ1n) is 5.46. The van der Waals surface area contributed by atoms with Crippen LogP contribution in [-0.2, 0) is 11.3 Å². The molecule has 0 radical (unpaired) electrons. The summed E-state index contributed by atoms with van der Waals surface area (Å²) in [4.78, 5) is 5.39. The van der Waals surface area contributed by atoms with Crippen LogP contribution in [0.5, 0.6) is 0 Å². The van der Waals surface area contributed by atoms with E-state index in [9.17, 15) is 0 Å². The Kier molecular flexibility index (Phi) is 3.77. The highest BCUT2D eigenvalue weighted by Gasteiger charge is 2.14. The van der Waals surface area contributed by atoms with Crippen molar-refractivity contribution < 1.29 is 4.74 Å². The molecule has 2 N–H and O–H groups in total. The molecular weight excluding hydrogens is 190 g/mol. The molecule has 15 heavy (non-hydrogen) atoms. The predicted molar refractivity (Wildman–Crippen MR) is 59.7 cm³/mol. The van der Waals surface area contributed by atoms with Crippen molar-refractivity contribution in [2.24, 2.45) is 0 Å². The minimum absolute atomic E-state index is 0.475. The van der Waals surface area contributed by atoms with E-state index in [0.717, 1.165) is 32.8 Å². The summed E-state index contributed by atoms with van der Waals surface area (Å²) in [6, 6.07) is 2.59. The van der Waals surface area contributed by atoms with Crippen LogP contribution in [0.25, 0.3) is 0 Å². The predicted octanol–water partition coefficient (Wildman–Crippen LogP) is 0.435. The van der Waals surface area contributed by atoms with E-state index in [-0.39, 0.29) is 0 Å². The smallest absolute Gasteiger partial charge is 0.0632 e. The second kappa shape index (κ2) is 5.30. The Morgan fingerprint density at radius 2 is 2.53 bits per heavy atom. The molecule has 84 valence electrons. The van der Waals surface area contributed by atoms with Crippen LogP contribution >= 0.6 is 0 Å². The number of likely N-dealkylation sites (N-methyl/N-ethyl adjacent to an activating group) is 1. The fourth-order valence-electron chi connectivity index (χ4n) is 1.95. The number of rotatable bonds is 4. The Morgan fingerprint density at radius 1 is 1.60 bits per heavy atom. The quantitative estimate of drug-likeness (QED) is 0.755. The zero-order valence-electron chi connectivity index (χ0n) is 9.20. The number of aromatic nitrogens is 1. The largest absolute Gasteiger partial charge is 0.378 e. The summed E-state index contributed by atoms with van der Waals surface area (Å²) in [5.41, 5.74) is 1.33. The summed E-state index contributed by atoms with van der Waals surface area (Å²) >= 11 is 0. The number of H-pyrrole nitrogens is 1. The van der Waals surface area contributed by atoms with Crippen LogP contribution in [0, 0.1) is 0 Å². The first-order valence-corrected chi connectivity index (χ1v) is 5.46. The van der Waals surface area contributed by atoms with E-state index in [2.05, 4.69) is 28.3 Å². The fourth-order valence-corrected chi connectivity index (χ4v) is 1.95. The summed E-state index contributed by atoms with van der Waals surface area (Å²) in [6.45, 7) is 4.67. The molecule has 0 aliphatic carbocycles. The number of nitrogens with one attached hydrogen (secondary N) is 2. The Labute approximate surface area is 90.6 Å². The zero-order valence-corrected chi connectivity index (χ0v) is 9.20. The van der Waals surface area contributed by atoms with E-state index in [4.69, 9.17) is 4.74 Å². The highest BCUT2D eigenvalue weighted by molar-refractivity contribution is 5.07. The lowest BCUT2D eigenvalue weighted by molar-refractivity contribution is 0.0645. The maximum Gasteiger partial charge on any atom is 0.0632 e. The first kappa shape index (κ1) is 10.7. The molecule has 1 atom stereocenters. The highest BCUT2D eigenvalue weighted by Crippen LogP contribution is 2.03. The maximum atomic E-state index is 5.42. The van der Waals surface area contributed by atoms with Crippen molar-refractivity contribution in [2.75, 3.05) is 33.4 Å². The molecule has 0 bridgehead atoms. The van der Waals surface area contributed by atoms with Gasteiger partial charge >= 0.3 is 0 Å². The Morgan fingerprint density at radius 3 is 3.20 bits per heavy atom. The first-order chi connectivity index (χ1) is 7.34. The molecule has 0 spiro atoms. The third-order valence-electron chi connectivity index (χ3n) is 2.65. The highest BCUT2D eigenvalue weighted by atomic mass is 16.5. The van der Waals surface area contributed by atoms with Gasteiger partial charge < -0.3 is 19.9 Å². The fraction of sp³-hybridized carbons (Fsp3) is 0.636. The molecule has 1 aliphatic heterocycles. The van der Waals surface area contributed by atoms with Gasteiger partial charge in [0.1, 0.15) is 0 Å². The molecule has 1 aromatic rings. The Hall–Kier alpha value is -0.840. The molecule has 0 amide bonds. The number of aromatic amines is 1. The Bertz CT molecular complexity index is 267. The monoisotopic (exact) mass is 209 g/mol. The van der Waals surface area contributed by atoms with Crippen molar-refractivity contribution >= 4 is 0 Å². The van der Waals surface area contributed by atoms with Crippen LogP contribution in [0.15, 0.2) is 18.5 Å². The molecular formula is C11H19N3O. The van der Waals surface area contributed by atoms with Gasteiger partial charge in [0.25, 0.3) is 0 Å². The van der Waals surface area contributed by atoms with E-state index < -0.39 is 0 Å². The van der Waals surface area contributed by atoms with Crippen molar-refractivity contribution in [1.82, 2.24) is 15.2 Å².